The average molecular weight is 501 g/mol. The lowest BCUT2D eigenvalue weighted by molar-refractivity contribution is -0.141. The third-order valence-corrected chi connectivity index (χ3v) is 6.78. The summed E-state index contributed by atoms with van der Waals surface area (Å²) in [5, 5.41) is 5.57. The molecule has 0 aliphatic carbocycles. The number of rotatable bonds is 4. The van der Waals surface area contributed by atoms with Crippen molar-refractivity contribution in [1.82, 2.24) is 14.7 Å². The van der Waals surface area contributed by atoms with Crippen molar-refractivity contribution in [2.24, 2.45) is 0 Å². The Hall–Kier alpha value is -3.66. The topological polar surface area (TPSA) is 41.4 Å². The van der Waals surface area contributed by atoms with E-state index in [2.05, 4.69) is 5.10 Å². The Bertz CT molecular complexity index is 1320. The van der Waals surface area contributed by atoms with E-state index in [1.54, 1.807) is 64.9 Å². The average Bonchev–Trinajstić information content (AvgIpc) is 3.54. The summed E-state index contributed by atoms with van der Waals surface area (Å²) in [4.78, 5) is 17.3. The first-order valence-corrected chi connectivity index (χ1v) is 11.8. The van der Waals surface area contributed by atoms with Crippen molar-refractivity contribution < 1.29 is 22.4 Å². The largest absolute Gasteiger partial charge is 0.435 e. The number of anilines is 1. The fourth-order valence-electron chi connectivity index (χ4n) is 4.10. The van der Waals surface area contributed by atoms with Gasteiger partial charge in [0.25, 0.3) is 5.91 Å². The Morgan fingerprint density at radius 2 is 1.63 bits per heavy atom. The lowest BCUT2D eigenvalue weighted by atomic mass is 10.1. The second-order valence-electron chi connectivity index (χ2n) is 8.08. The smallest absolute Gasteiger partial charge is 0.366 e. The molecule has 1 aliphatic heterocycles. The molecule has 5 rings (SSSR count). The summed E-state index contributed by atoms with van der Waals surface area (Å²) in [6.07, 6.45) is -4.57. The maximum atomic E-state index is 14.1. The minimum absolute atomic E-state index is 0.181. The van der Waals surface area contributed by atoms with Crippen LogP contribution in [0.1, 0.15) is 16.1 Å². The lowest BCUT2D eigenvalue weighted by Crippen LogP contribution is -2.49. The zero-order valence-electron chi connectivity index (χ0n) is 18.4. The number of benzene rings is 2. The molecule has 0 saturated carbocycles. The number of hydrogen-bond acceptors (Lipinski definition) is 4. The molecule has 1 amide bonds. The standard InChI is InChI=1S/C25H20F4N4OS/c26-19-4-1-2-5-20(19)31-11-13-32(14-12-31)24(34)17-7-9-18(10-8-17)33-21(22-6-3-15-35-22)16-23(30-33)25(27,28)29/h1-10,15-16H,11-14H2. The maximum Gasteiger partial charge on any atom is 0.435 e. The third-order valence-electron chi connectivity index (χ3n) is 5.89. The minimum Gasteiger partial charge on any atom is -0.366 e. The van der Waals surface area contributed by atoms with Gasteiger partial charge in [-0.25, -0.2) is 9.07 Å². The molecule has 0 atom stereocenters. The molecule has 35 heavy (non-hydrogen) atoms. The van der Waals surface area contributed by atoms with Crippen molar-refractivity contribution in [3.05, 3.63) is 89.2 Å². The van der Waals surface area contributed by atoms with E-state index in [1.807, 2.05) is 4.90 Å². The Labute approximate surface area is 202 Å². The van der Waals surface area contributed by atoms with Gasteiger partial charge in [0.05, 0.1) is 21.9 Å². The van der Waals surface area contributed by atoms with Crippen LogP contribution in [0, 0.1) is 5.82 Å². The van der Waals surface area contributed by atoms with Crippen LogP contribution in [0.5, 0.6) is 0 Å². The van der Waals surface area contributed by atoms with Gasteiger partial charge in [-0.05, 0) is 53.9 Å². The molecule has 2 aromatic carbocycles. The van der Waals surface area contributed by atoms with Crippen LogP contribution in [0.15, 0.2) is 72.1 Å². The number of thiophene rings is 1. The molecule has 0 spiro atoms. The normalized spacial score (nSPS) is 14.4. The van der Waals surface area contributed by atoms with Gasteiger partial charge in [-0.15, -0.1) is 11.3 Å². The van der Waals surface area contributed by atoms with E-state index >= 15 is 0 Å². The molecule has 180 valence electrons. The van der Waals surface area contributed by atoms with Crippen molar-refractivity contribution in [2.45, 2.75) is 6.18 Å². The number of nitrogens with zero attached hydrogens (tertiary/aromatic N) is 4. The molecule has 0 bridgehead atoms. The van der Waals surface area contributed by atoms with Gasteiger partial charge in [0.1, 0.15) is 5.82 Å². The van der Waals surface area contributed by atoms with Gasteiger partial charge in [-0.1, -0.05) is 18.2 Å². The summed E-state index contributed by atoms with van der Waals surface area (Å²) in [7, 11) is 0. The quantitative estimate of drug-likeness (QED) is 0.337. The molecule has 0 N–H and O–H groups in total. The molecule has 1 aliphatic rings. The monoisotopic (exact) mass is 500 g/mol. The number of piperazine rings is 1. The zero-order chi connectivity index (χ0) is 24.6. The van der Waals surface area contributed by atoms with Crippen molar-refractivity contribution in [1.29, 1.82) is 0 Å². The highest BCUT2D eigenvalue weighted by Crippen LogP contribution is 2.34. The van der Waals surface area contributed by atoms with E-state index in [0.29, 0.717) is 53.7 Å². The molecule has 4 aromatic rings. The van der Waals surface area contributed by atoms with Crippen molar-refractivity contribution >= 4 is 22.9 Å². The van der Waals surface area contributed by atoms with Crippen LogP contribution < -0.4 is 4.90 Å². The van der Waals surface area contributed by atoms with Crippen LogP contribution in [0.2, 0.25) is 0 Å². The summed E-state index contributed by atoms with van der Waals surface area (Å²) in [5.41, 5.74) is 0.714. The maximum absolute atomic E-state index is 14.1. The number of hydrogen-bond donors (Lipinski definition) is 0. The fourth-order valence-corrected chi connectivity index (χ4v) is 4.83. The van der Waals surface area contributed by atoms with Crippen molar-refractivity contribution in [3.8, 4) is 16.3 Å². The number of carbonyl (C=O) groups is 1. The van der Waals surface area contributed by atoms with Gasteiger partial charge in [0, 0.05) is 31.7 Å². The van der Waals surface area contributed by atoms with Crippen LogP contribution in [0.4, 0.5) is 23.2 Å². The van der Waals surface area contributed by atoms with Gasteiger partial charge in [0.2, 0.25) is 0 Å². The second kappa shape index (κ2) is 9.18. The van der Waals surface area contributed by atoms with E-state index in [9.17, 15) is 22.4 Å². The third kappa shape index (κ3) is 4.66. The molecule has 2 aromatic heterocycles. The zero-order valence-corrected chi connectivity index (χ0v) is 19.2. The molecule has 1 fully saturated rings. The summed E-state index contributed by atoms with van der Waals surface area (Å²) in [6.45, 7) is 1.88. The number of halogens is 4. The molecule has 0 radical (unpaired) electrons. The van der Waals surface area contributed by atoms with Crippen molar-refractivity contribution in [2.75, 3.05) is 31.1 Å². The molecule has 0 unspecified atom stereocenters. The van der Waals surface area contributed by atoms with Gasteiger partial charge in [0.15, 0.2) is 5.69 Å². The molecule has 5 nitrogen and oxygen atoms in total. The number of alkyl halides is 3. The molecule has 10 heteroatoms. The van der Waals surface area contributed by atoms with E-state index in [0.717, 1.165) is 6.07 Å². The fraction of sp³-hybridized carbons (Fsp3) is 0.200. The SMILES string of the molecule is O=C(c1ccc(-n2nc(C(F)(F)F)cc2-c2cccs2)cc1)N1CCN(c2ccccc2F)CC1. The van der Waals surface area contributed by atoms with Crippen LogP contribution >= 0.6 is 11.3 Å². The predicted octanol–water partition coefficient (Wildman–Crippen LogP) is 5.72. The summed E-state index contributed by atoms with van der Waals surface area (Å²) in [5.74, 6) is -0.475. The van der Waals surface area contributed by atoms with Crippen LogP contribution in [0.25, 0.3) is 16.3 Å². The highest BCUT2D eigenvalue weighted by atomic mass is 32.1. The van der Waals surface area contributed by atoms with Gasteiger partial charge < -0.3 is 9.80 Å². The first-order chi connectivity index (χ1) is 16.8. The number of aromatic nitrogens is 2. The molecule has 3 heterocycles. The first-order valence-electron chi connectivity index (χ1n) is 10.9. The van der Waals surface area contributed by atoms with E-state index < -0.39 is 11.9 Å². The summed E-state index contributed by atoms with van der Waals surface area (Å²) >= 11 is 1.32. The van der Waals surface area contributed by atoms with E-state index in [-0.39, 0.29) is 11.7 Å². The van der Waals surface area contributed by atoms with Crippen LogP contribution in [0.3, 0.4) is 0 Å². The minimum atomic E-state index is -4.57. The molecule has 1 saturated heterocycles. The van der Waals surface area contributed by atoms with Crippen molar-refractivity contribution in [3.63, 3.8) is 0 Å². The van der Waals surface area contributed by atoms with Gasteiger partial charge in [-0.2, -0.15) is 18.3 Å². The summed E-state index contributed by atoms with van der Waals surface area (Å²) < 4.78 is 55.3. The Morgan fingerprint density at radius 3 is 2.26 bits per heavy atom. The Balaban J connectivity index is 1.33. The van der Waals surface area contributed by atoms with E-state index in [4.69, 9.17) is 0 Å². The second-order valence-corrected chi connectivity index (χ2v) is 9.03. The predicted molar refractivity (Wildman–Crippen MR) is 126 cm³/mol. The first kappa shape index (κ1) is 23.1. The highest BCUT2D eigenvalue weighted by molar-refractivity contribution is 7.13. The number of para-hydroxylation sites is 1. The van der Waals surface area contributed by atoms with Crippen LogP contribution in [-0.4, -0.2) is 46.8 Å². The lowest BCUT2D eigenvalue weighted by Gasteiger charge is -2.36. The summed E-state index contributed by atoms with van der Waals surface area (Å²) in [6, 6.07) is 17.4. The molecular weight excluding hydrogens is 480 g/mol. The van der Waals surface area contributed by atoms with Gasteiger partial charge >= 0.3 is 6.18 Å². The number of amides is 1. The van der Waals surface area contributed by atoms with Gasteiger partial charge in [-0.3, -0.25) is 4.79 Å². The van der Waals surface area contributed by atoms with Crippen LogP contribution in [-0.2, 0) is 6.18 Å². The Morgan fingerprint density at radius 1 is 0.914 bits per heavy atom. The Kier molecular flexibility index (Phi) is 6.06. The van der Waals surface area contributed by atoms with E-state index in [1.165, 1.54) is 22.1 Å². The highest BCUT2D eigenvalue weighted by Gasteiger charge is 2.35. The molecular formula is C25H20F4N4OS. The number of carbonyl (C=O) groups excluding carboxylic acids is 1.